The number of hydrogen-bond acceptors (Lipinski definition) is 2. The van der Waals surface area contributed by atoms with Gasteiger partial charge in [-0.15, -0.1) is 0 Å². The zero-order valence-electron chi connectivity index (χ0n) is 9.86. The highest BCUT2D eigenvalue weighted by molar-refractivity contribution is 5.67. The van der Waals surface area contributed by atoms with Crippen LogP contribution in [0.15, 0.2) is 0 Å². The summed E-state index contributed by atoms with van der Waals surface area (Å²) >= 11 is 0. The van der Waals surface area contributed by atoms with Crippen LogP contribution in [0.1, 0.15) is 49.3 Å². The molecule has 0 aliphatic carbocycles. The summed E-state index contributed by atoms with van der Waals surface area (Å²) in [6.07, 6.45) is 3.61. The van der Waals surface area contributed by atoms with Gasteiger partial charge >= 0.3 is 5.97 Å². The summed E-state index contributed by atoms with van der Waals surface area (Å²) in [6, 6.07) is 0. The van der Waals surface area contributed by atoms with Crippen molar-refractivity contribution in [2.24, 2.45) is 0 Å². The first-order chi connectivity index (χ1) is 7.59. The van der Waals surface area contributed by atoms with Gasteiger partial charge in [-0.2, -0.15) is 0 Å². The van der Waals surface area contributed by atoms with Crippen molar-refractivity contribution >= 4 is 5.97 Å². The Morgan fingerprint density at radius 1 is 1.56 bits per heavy atom. The highest BCUT2D eigenvalue weighted by Crippen LogP contribution is 2.27. The number of carbonyl (C=O) groups is 1. The summed E-state index contributed by atoms with van der Waals surface area (Å²) in [7, 11) is 0. The smallest absolute Gasteiger partial charge is 0.304 e. The van der Waals surface area contributed by atoms with E-state index in [1.807, 2.05) is 13.8 Å². The molecule has 0 radical (unpaired) electrons. The minimum absolute atomic E-state index is 0.0190. The molecule has 0 saturated carbocycles. The van der Waals surface area contributed by atoms with Crippen molar-refractivity contribution in [1.82, 2.24) is 9.55 Å². The van der Waals surface area contributed by atoms with E-state index < -0.39 is 5.97 Å². The van der Waals surface area contributed by atoms with Crippen LogP contribution in [0.3, 0.4) is 0 Å². The van der Waals surface area contributed by atoms with Gasteiger partial charge in [0.1, 0.15) is 5.82 Å². The van der Waals surface area contributed by atoms with E-state index in [1.54, 1.807) is 0 Å². The van der Waals surface area contributed by atoms with E-state index >= 15 is 0 Å². The summed E-state index contributed by atoms with van der Waals surface area (Å²) in [4.78, 5) is 15.3. The Kier molecular flexibility index (Phi) is 2.99. The van der Waals surface area contributed by atoms with Crippen LogP contribution in [0.2, 0.25) is 0 Å². The van der Waals surface area contributed by atoms with E-state index in [-0.39, 0.29) is 12.3 Å². The molecular weight excluding hydrogens is 204 g/mol. The number of imidazole rings is 1. The summed E-state index contributed by atoms with van der Waals surface area (Å²) < 4.78 is 2.25. The van der Waals surface area contributed by atoms with Gasteiger partial charge in [0.2, 0.25) is 0 Å². The minimum atomic E-state index is -0.747. The molecule has 0 saturated heterocycles. The van der Waals surface area contributed by atoms with Crippen molar-refractivity contribution in [3.8, 4) is 0 Å². The fourth-order valence-electron chi connectivity index (χ4n) is 2.51. The molecule has 1 aliphatic heterocycles. The third-order valence-electron chi connectivity index (χ3n) is 3.29. The fourth-order valence-corrected chi connectivity index (χ4v) is 2.51. The van der Waals surface area contributed by atoms with Crippen LogP contribution in [0, 0.1) is 6.92 Å². The lowest BCUT2D eigenvalue weighted by Crippen LogP contribution is -2.13. The average Bonchev–Trinajstić information content (AvgIpc) is 2.56. The van der Waals surface area contributed by atoms with Crippen molar-refractivity contribution in [2.45, 2.75) is 52.0 Å². The highest BCUT2D eigenvalue weighted by Gasteiger charge is 2.22. The number of carboxylic acids is 1. The van der Waals surface area contributed by atoms with Gasteiger partial charge in [-0.25, -0.2) is 4.98 Å². The molecule has 0 fully saturated rings. The normalized spacial score (nSPS) is 16.9. The quantitative estimate of drug-likeness (QED) is 0.852. The second-order valence-corrected chi connectivity index (χ2v) is 4.60. The number of nitrogens with zero attached hydrogens (tertiary/aromatic N) is 2. The Balaban J connectivity index is 2.30. The lowest BCUT2D eigenvalue weighted by Gasteiger charge is -2.17. The van der Waals surface area contributed by atoms with Crippen molar-refractivity contribution in [2.75, 3.05) is 0 Å². The van der Waals surface area contributed by atoms with Crippen molar-refractivity contribution in [3.05, 3.63) is 17.2 Å². The SMILES string of the molecule is Cc1nc(C(C)CC(=O)O)c2n1CCCC2. The van der Waals surface area contributed by atoms with Crippen LogP contribution < -0.4 is 0 Å². The summed E-state index contributed by atoms with van der Waals surface area (Å²) in [5.41, 5.74) is 2.26. The van der Waals surface area contributed by atoms with Crippen LogP contribution in [0.25, 0.3) is 0 Å². The Hall–Kier alpha value is -1.32. The van der Waals surface area contributed by atoms with E-state index in [4.69, 9.17) is 5.11 Å². The van der Waals surface area contributed by atoms with Gasteiger partial charge in [0, 0.05) is 18.2 Å². The predicted octanol–water partition coefficient (Wildman–Crippen LogP) is 2.11. The van der Waals surface area contributed by atoms with Crippen LogP contribution in [-0.4, -0.2) is 20.6 Å². The Morgan fingerprint density at radius 3 is 3.00 bits per heavy atom. The maximum atomic E-state index is 10.7. The fraction of sp³-hybridized carbons (Fsp3) is 0.667. The number of fused-ring (bicyclic) bond motifs is 1. The van der Waals surface area contributed by atoms with Crippen molar-refractivity contribution in [3.63, 3.8) is 0 Å². The molecule has 1 aromatic heterocycles. The van der Waals surface area contributed by atoms with E-state index in [0.717, 1.165) is 24.5 Å². The van der Waals surface area contributed by atoms with Gasteiger partial charge < -0.3 is 9.67 Å². The molecule has 88 valence electrons. The Bertz CT molecular complexity index is 409. The molecule has 1 unspecified atom stereocenters. The second-order valence-electron chi connectivity index (χ2n) is 4.60. The first-order valence-corrected chi connectivity index (χ1v) is 5.87. The largest absolute Gasteiger partial charge is 0.481 e. The van der Waals surface area contributed by atoms with Crippen LogP contribution in [0.4, 0.5) is 0 Å². The third kappa shape index (κ3) is 1.96. The van der Waals surface area contributed by atoms with E-state index in [2.05, 4.69) is 9.55 Å². The summed E-state index contributed by atoms with van der Waals surface area (Å²) in [6.45, 7) is 4.99. The molecule has 1 atom stereocenters. The van der Waals surface area contributed by atoms with Gasteiger partial charge in [-0.05, 0) is 26.2 Å². The van der Waals surface area contributed by atoms with Gasteiger partial charge in [0.15, 0.2) is 0 Å². The molecule has 0 spiro atoms. The zero-order valence-corrected chi connectivity index (χ0v) is 9.86. The lowest BCUT2D eigenvalue weighted by molar-refractivity contribution is -0.137. The molecule has 4 nitrogen and oxygen atoms in total. The van der Waals surface area contributed by atoms with E-state index in [9.17, 15) is 4.79 Å². The van der Waals surface area contributed by atoms with Crippen molar-refractivity contribution < 1.29 is 9.90 Å². The molecule has 1 aromatic rings. The first-order valence-electron chi connectivity index (χ1n) is 5.87. The molecule has 0 aromatic carbocycles. The second kappa shape index (κ2) is 4.28. The Labute approximate surface area is 95.3 Å². The molecule has 4 heteroatoms. The Morgan fingerprint density at radius 2 is 2.31 bits per heavy atom. The third-order valence-corrected chi connectivity index (χ3v) is 3.29. The molecule has 2 rings (SSSR count). The minimum Gasteiger partial charge on any atom is -0.481 e. The molecule has 2 heterocycles. The zero-order chi connectivity index (χ0) is 11.7. The van der Waals surface area contributed by atoms with Crippen LogP contribution in [0.5, 0.6) is 0 Å². The first kappa shape index (κ1) is 11.2. The van der Waals surface area contributed by atoms with Crippen LogP contribution in [-0.2, 0) is 17.8 Å². The molecule has 0 amide bonds. The molecule has 0 bridgehead atoms. The van der Waals surface area contributed by atoms with E-state index in [0.29, 0.717) is 0 Å². The van der Waals surface area contributed by atoms with Gasteiger partial charge in [0.05, 0.1) is 12.1 Å². The summed E-state index contributed by atoms with van der Waals surface area (Å²) in [5.74, 6) is 0.301. The molecule has 1 N–H and O–H groups in total. The maximum Gasteiger partial charge on any atom is 0.304 e. The number of aliphatic carboxylic acids is 1. The topological polar surface area (TPSA) is 55.1 Å². The highest BCUT2D eigenvalue weighted by atomic mass is 16.4. The predicted molar refractivity (Wildman–Crippen MR) is 60.6 cm³/mol. The van der Waals surface area contributed by atoms with Gasteiger partial charge in [-0.1, -0.05) is 6.92 Å². The number of aryl methyl sites for hydroxylation is 1. The van der Waals surface area contributed by atoms with Gasteiger partial charge in [-0.3, -0.25) is 4.79 Å². The van der Waals surface area contributed by atoms with Crippen molar-refractivity contribution in [1.29, 1.82) is 0 Å². The molecular formula is C12H18N2O2. The van der Waals surface area contributed by atoms with Crippen LogP contribution >= 0.6 is 0 Å². The lowest BCUT2D eigenvalue weighted by atomic mass is 9.98. The monoisotopic (exact) mass is 222 g/mol. The van der Waals surface area contributed by atoms with Gasteiger partial charge in [0.25, 0.3) is 0 Å². The molecule has 1 aliphatic rings. The molecule has 16 heavy (non-hydrogen) atoms. The summed E-state index contributed by atoms with van der Waals surface area (Å²) in [5, 5.41) is 8.82. The standard InChI is InChI=1S/C12H18N2O2/c1-8(7-11(15)16)12-10-5-3-4-6-14(10)9(2)13-12/h8H,3-7H2,1-2H3,(H,15,16). The average molecular weight is 222 g/mol. The van der Waals surface area contributed by atoms with E-state index in [1.165, 1.54) is 18.5 Å². The number of carboxylic acid groups (broad SMARTS) is 1. The number of aromatic nitrogens is 2. The number of rotatable bonds is 3. The number of hydrogen-bond donors (Lipinski definition) is 1. The maximum absolute atomic E-state index is 10.7.